The van der Waals surface area contributed by atoms with Crippen molar-refractivity contribution in [2.45, 2.75) is 14.7 Å². The summed E-state index contributed by atoms with van der Waals surface area (Å²) in [5.41, 5.74) is 11.5. The second kappa shape index (κ2) is 5.75. The van der Waals surface area contributed by atoms with E-state index in [-0.39, 0.29) is 26.2 Å². The minimum atomic E-state index is -3.27. The van der Waals surface area contributed by atoms with Gasteiger partial charge in [-0.15, -0.1) is 0 Å². The highest BCUT2D eigenvalue weighted by Gasteiger charge is 2.16. The van der Waals surface area contributed by atoms with Gasteiger partial charge >= 0.3 is 0 Å². The quantitative estimate of drug-likeness (QED) is 0.833. The Morgan fingerprint density at radius 1 is 1.14 bits per heavy atom. The van der Waals surface area contributed by atoms with Crippen molar-refractivity contribution in [3.63, 3.8) is 0 Å². The average molecular weight is 347 g/mol. The van der Waals surface area contributed by atoms with Crippen LogP contribution < -0.4 is 11.5 Å². The number of sulfone groups is 1. The van der Waals surface area contributed by atoms with Gasteiger partial charge in [-0.1, -0.05) is 23.4 Å². The molecule has 0 aliphatic carbocycles. The highest BCUT2D eigenvalue weighted by molar-refractivity contribution is 7.99. The molecule has 0 saturated carbocycles. The molecular weight excluding hydrogens is 335 g/mol. The van der Waals surface area contributed by atoms with Crippen molar-refractivity contribution in [1.82, 2.24) is 0 Å². The largest absolute Gasteiger partial charge is 0.398 e. The Labute approximate surface area is 131 Å². The Hall–Kier alpha value is -1.44. The summed E-state index contributed by atoms with van der Waals surface area (Å²) in [6.45, 7) is 0. The van der Waals surface area contributed by atoms with Crippen LogP contribution in [0.3, 0.4) is 0 Å². The topological polar surface area (TPSA) is 86.2 Å². The van der Waals surface area contributed by atoms with Gasteiger partial charge in [0.15, 0.2) is 15.7 Å². The van der Waals surface area contributed by atoms with Crippen molar-refractivity contribution in [1.29, 1.82) is 0 Å². The number of rotatable bonds is 3. The van der Waals surface area contributed by atoms with E-state index in [0.29, 0.717) is 4.90 Å². The summed E-state index contributed by atoms with van der Waals surface area (Å²) >= 11 is 6.81. The second-order valence-electron chi connectivity index (χ2n) is 4.36. The summed E-state index contributed by atoms with van der Waals surface area (Å²) in [5, 5.41) is -0.181. The van der Waals surface area contributed by atoms with Crippen LogP contribution in [-0.2, 0) is 9.84 Å². The van der Waals surface area contributed by atoms with E-state index in [1.54, 1.807) is 12.1 Å². The van der Waals surface area contributed by atoms with Crippen molar-refractivity contribution in [3.05, 3.63) is 41.2 Å². The minimum Gasteiger partial charge on any atom is -0.398 e. The summed E-state index contributed by atoms with van der Waals surface area (Å²) in [6.07, 6.45) is 1.12. The lowest BCUT2D eigenvalue weighted by Gasteiger charge is -2.10. The van der Waals surface area contributed by atoms with Crippen LogP contribution in [-0.4, -0.2) is 14.7 Å². The van der Waals surface area contributed by atoms with Crippen LogP contribution in [0.25, 0.3) is 0 Å². The van der Waals surface area contributed by atoms with Crippen molar-refractivity contribution in [2.75, 3.05) is 17.7 Å². The summed E-state index contributed by atoms with van der Waals surface area (Å²) in [5.74, 6) is -0.689. The Morgan fingerprint density at radius 2 is 1.71 bits per heavy atom. The predicted molar refractivity (Wildman–Crippen MR) is 83.9 cm³/mol. The molecule has 0 spiro atoms. The molecule has 21 heavy (non-hydrogen) atoms. The Balaban J connectivity index is 2.37. The molecule has 0 aliphatic heterocycles. The fourth-order valence-electron chi connectivity index (χ4n) is 1.63. The van der Waals surface area contributed by atoms with Gasteiger partial charge in [-0.05, 0) is 30.3 Å². The van der Waals surface area contributed by atoms with Crippen LogP contribution in [0.5, 0.6) is 0 Å². The molecule has 0 saturated heterocycles. The second-order valence-corrected chi connectivity index (χ2v) is 7.84. The molecule has 0 aromatic heterocycles. The lowest BCUT2D eigenvalue weighted by atomic mass is 10.3. The van der Waals surface area contributed by atoms with Gasteiger partial charge in [0.25, 0.3) is 0 Å². The maximum absolute atomic E-state index is 14.1. The smallest absolute Gasteiger partial charge is 0.175 e. The van der Waals surface area contributed by atoms with Gasteiger partial charge in [0.05, 0.1) is 21.2 Å². The Bertz CT molecular complexity index is 793. The zero-order valence-corrected chi connectivity index (χ0v) is 13.3. The molecule has 0 unspecified atom stereocenters. The third kappa shape index (κ3) is 3.42. The van der Waals surface area contributed by atoms with Crippen LogP contribution >= 0.6 is 23.4 Å². The number of nitrogens with two attached hydrogens (primary N) is 2. The van der Waals surface area contributed by atoms with Crippen LogP contribution in [0, 0.1) is 5.82 Å². The molecule has 4 nitrogen and oxygen atoms in total. The zero-order valence-electron chi connectivity index (χ0n) is 10.9. The van der Waals surface area contributed by atoms with Crippen molar-refractivity contribution >= 4 is 44.6 Å². The molecule has 0 bridgehead atoms. The number of halogens is 2. The molecular formula is C13H12ClFN2O2S2. The van der Waals surface area contributed by atoms with Gasteiger partial charge in [-0.3, -0.25) is 0 Å². The Morgan fingerprint density at radius 3 is 2.24 bits per heavy atom. The van der Waals surface area contributed by atoms with Gasteiger partial charge in [0.1, 0.15) is 5.02 Å². The maximum atomic E-state index is 14.1. The SMILES string of the molecule is CS(=O)(=O)c1ccc(Sc2c(N)cc(N)c(Cl)c2F)cc1. The standard InChI is InChI=1S/C13H12ClFN2O2S2/c1-21(18,19)8-4-2-7(3-5-8)20-13-10(17)6-9(16)11(14)12(13)15/h2-6H,16-17H2,1H3. The first-order chi connectivity index (χ1) is 9.70. The van der Waals surface area contributed by atoms with Gasteiger partial charge in [-0.25, -0.2) is 12.8 Å². The first-order valence-corrected chi connectivity index (χ1v) is 8.79. The third-order valence-corrected chi connectivity index (χ3v) is 5.33. The highest BCUT2D eigenvalue weighted by atomic mass is 35.5. The summed E-state index contributed by atoms with van der Waals surface area (Å²) in [4.78, 5) is 0.978. The van der Waals surface area contributed by atoms with E-state index in [1.807, 2.05) is 0 Å². The van der Waals surface area contributed by atoms with E-state index in [0.717, 1.165) is 18.0 Å². The molecule has 2 aromatic rings. The predicted octanol–water partition coefficient (Wildman–Crippen LogP) is 3.20. The van der Waals surface area contributed by atoms with E-state index in [2.05, 4.69) is 0 Å². The molecule has 0 amide bonds. The third-order valence-electron chi connectivity index (χ3n) is 2.69. The first-order valence-electron chi connectivity index (χ1n) is 5.71. The van der Waals surface area contributed by atoms with E-state index >= 15 is 0 Å². The normalized spacial score (nSPS) is 11.6. The molecule has 0 radical (unpaired) electrons. The van der Waals surface area contributed by atoms with E-state index < -0.39 is 15.7 Å². The van der Waals surface area contributed by atoms with Crippen LogP contribution in [0.1, 0.15) is 0 Å². The van der Waals surface area contributed by atoms with Crippen LogP contribution in [0.2, 0.25) is 5.02 Å². The van der Waals surface area contributed by atoms with Gasteiger partial charge in [0.2, 0.25) is 0 Å². The molecule has 0 heterocycles. The fourth-order valence-corrected chi connectivity index (χ4v) is 3.34. The first kappa shape index (κ1) is 15.9. The highest BCUT2D eigenvalue weighted by Crippen LogP contribution is 2.39. The van der Waals surface area contributed by atoms with E-state index in [9.17, 15) is 12.8 Å². The summed E-state index contributed by atoms with van der Waals surface area (Å²) in [7, 11) is -3.27. The number of anilines is 2. The van der Waals surface area contributed by atoms with E-state index in [4.69, 9.17) is 23.1 Å². The minimum absolute atomic E-state index is 0.0726. The number of nitrogen functional groups attached to an aromatic ring is 2. The number of benzene rings is 2. The Kier molecular flexibility index (Phi) is 4.36. The molecule has 112 valence electrons. The summed E-state index contributed by atoms with van der Waals surface area (Å²) in [6, 6.07) is 7.43. The lowest BCUT2D eigenvalue weighted by molar-refractivity contribution is 0.601. The molecule has 2 rings (SSSR count). The molecule has 0 aliphatic rings. The number of hydrogen-bond donors (Lipinski definition) is 2. The van der Waals surface area contributed by atoms with Crippen molar-refractivity contribution in [3.8, 4) is 0 Å². The van der Waals surface area contributed by atoms with Crippen molar-refractivity contribution < 1.29 is 12.8 Å². The van der Waals surface area contributed by atoms with Crippen LogP contribution in [0.4, 0.5) is 15.8 Å². The van der Waals surface area contributed by atoms with Crippen molar-refractivity contribution in [2.24, 2.45) is 0 Å². The number of hydrogen-bond acceptors (Lipinski definition) is 5. The molecule has 2 aromatic carbocycles. The zero-order chi connectivity index (χ0) is 15.8. The summed E-state index contributed by atoms with van der Waals surface area (Å²) < 4.78 is 36.8. The van der Waals surface area contributed by atoms with Gasteiger partial charge < -0.3 is 11.5 Å². The van der Waals surface area contributed by atoms with Gasteiger partial charge in [0, 0.05) is 11.2 Å². The average Bonchev–Trinajstić information content (AvgIpc) is 2.41. The molecule has 0 atom stereocenters. The maximum Gasteiger partial charge on any atom is 0.175 e. The van der Waals surface area contributed by atoms with Gasteiger partial charge in [-0.2, -0.15) is 0 Å². The molecule has 0 fully saturated rings. The lowest BCUT2D eigenvalue weighted by Crippen LogP contribution is -1.98. The molecule has 8 heteroatoms. The fraction of sp³-hybridized carbons (Fsp3) is 0.0769. The monoisotopic (exact) mass is 346 g/mol. The molecule has 4 N–H and O–H groups in total. The van der Waals surface area contributed by atoms with E-state index in [1.165, 1.54) is 18.2 Å². The van der Waals surface area contributed by atoms with Crippen LogP contribution in [0.15, 0.2) is 45.0 Å².